The Kier molecular flexibility index (Phi) is 32.9. The van der Waals surface area contributed by atoms with Gasteiger partial charge in [0, 0.05) is 20.0 Å². The number of rotatable bonds is 34. The normalized spacial score (nSPS) is 13.9. The number of carbonyl (C=O) groups is 2. The van der Waals surface area contributed by atoms with Gasteiger partial charge in [0.2, 0.25) is 0 Å². The van der Waals surface area contributed by atoms with Gasteiger partial charge in [-0.05, 0) is 64.2 Å². The van der Waals surface area contributed by atoms with Crippen LogP contribution in [-0.4, -0.2) is 43.3 Å². The molecule has 2 unspecified atom stereocenters. The lowest BCUT2D eigenvalue weighted by molar-refractivity contribution is -0.161. The van der Waals surface area contributed by atoms with E-state index in [9.17, 15) is 19.0 Å². The molecule has 2 atom stereocenters. The fourth-order valence-corrected chi connectivity index (χ4v) is 5.36. The molecule has 0 aromatic carbocycles. The first-order chi connectivity index (χ1) is 22.8. The maximum atomic E-state index is 12.4. The van der Waals surface area contributed by atoms with Crippen molar-refractivity contribution >= 4 is 19.8 Å². The predicted molar refractivity (Wildman–Crippen MR) is 193 cm³/mol. The summed E-state index contributed by atoms with van der Waals surface area (Å²) in [7, 11) is -3.20. The summed E-state index contributed by atoms with van der Waals surface area (Å²) < 4.78 is 31.8. The first-order valence-electron chi connectivity index (χ1n) is 18.7. The van der Waals surface area contributed by atoms with Crippen molar-refractivity contribution in [3.8, 4) is 0 Å². The van der Waals surface area contributed by atoms with Crippen LogP contribution in [0.3, 0.4) is 0 Å². The van der Waals surface area contributed by atoms with Crippen LogP contribution in [0.2, 0.25) is 0 Å². The predicted octanol–water partition coefficient (Wildman–Crippen LogP) is 11.3. The number of phosphoric acid groups is 1. The fraction of sp³-hybridized carbons (Fsp3) is 0.789. The molecule has 0 aromatic heterocycles. The monoisotopic (exact) mass is 684 g/mol. The number of esters is 2. The molecule has 47 heavy (non-hydrogen) atoms. The minimum Gasteiger partial charge on any atom is -0.462 e. The van der Waals surface area contributed by atoms with Crippen LogP contribution in [0.1, 0.15) is 168 Å². The summed E-state index contributed by atoms with van der Waals surface area (Å²) in [6.45, 7) is 3.79. The molecule has 0 aliphatic rings. The van der Waals surface area contributed by atoms with Crippen LogP contribution >= 0.6 is 7.82 Å². The molecule has 9 heteroatoms. The maximum Gasteiger partial charge on any atom is 0.472 e. The van der Waals surface area contributed by atoms with Gasteiger partial charge >= 0.3 is 19.8 Å². The Morgan fingerprint density at radius 2 is 1.04 bits per heavy atom. The highest BCUT2D eigenvalue weighted by Crippen LogP contribution is 2.42. The van der Waals surface area contributed by atoms with Crippen molar-refractivity contribution in [1.29, 1.82) is 0 Å². The number of phosphoric ester groups is 1. The lowest BCUT2D eigenvalue weighted by atomic mass is 10.1. The number of unbranched alkanes of at least 4 members (excludes halogenated alkanes) is 17. The Morgan fingerprint density at radius 3 is 1.57 bits per heavy atom. The Hall–Kier alpha value is -1.73. The molecule has 0 saturated carbocycles. The molecule has 1 N–H and O–H groups in total. The number of allylic oxidation sites excluding steroid dienone is 6. The number of carbonyl (C=O) groups excluding carboxylic acids is 2. The third kappa shape index (κ3) is 33.9. The molecule has 0 aliphatic heterocycles. The van der Waals surface area contributed by atoms with Gasteiger partial charge in [-0.15, -0.1) is 0 Å². The number of ether oxygens (including phenoxy) is 2. The zero-order chi connectivity index (χ0) is 34.7. The van der Waals surface area contributed by atoms with Crippen LogP contribution < -0.4 is 0 Å². The zero-order valence-corrected chi connectivity index (χ0v) is 31.1. The highest BCUT2D eigenvalue weighted by molar-refractivity contribution is 7.47. The molecule has 0 radical (unpaired) electrons. The average Bonchev–Trinajstić information content (AvgIpc) is 3.06. The fourth-order valence-electron chi connectivity index (χ4n) is 4.90. The van der Waals surface area contributed by atoms with Crippen molar-refractivity contribution in [2.24, 2.45) is 0 Å². The quantitative estimate of drug-likeness (QED) is 0.0309. The van der Waals surface area contributed by atoms with Crippen molar-refractivity contribution in [2.45, 2.75) is 174 Å². The molecular weight excluding hydrogens is 615 g/mol. The summed E-state index contributed by atoms with van der Waals surface area (Å²) in [5.41, 5.74) is 0. The third-order valence-electron chi connectivity index (χ3n) is 7.86. The summed E-state index contributed by atoms with van der Waals surface area (Å²) in [4.78, 5) is 34.3. The second-order valence-electron chi connectivity index (χ2n) is 12.3. The molecule has 0 rings (SSSR count). The first-order valence-corrected chi connectivity index (χ1v) is 20.2. The number of hydrogen-bond donors (Lipinski definition) is 1. The molecule has 0 spiro atoms. The van der Waals surface area contributed by atoms with Gasteiger partial charge in [0.1, 0.15) is 6.61 Å². The highest BCUT2D eigenvalue weighted by atomic mass is 31.2. The van der Waals surface area contributed by atoms with Crippen molar-refractivity contribution in [2.75, 3.05) is 20.3 Å². The van der Waals surface area contributed by atoms with Gasteiger partial charge in [-0.25, -0.2) is 4.57 Å². The summed E-state index contributed by atoms with van der Waals surface area (Å²) in [5, 5.41) is 0. The minimum atomic E-state index is -4.26. The summed E-state index contributed by atoms with van der Waals surface area (Å²) in [5.74, 6) is -0.826. The van der Waals surface area contributed by atoms with Crippen molar-refractivity contribution in [3.05, 3.63) is 36.5 Å². The van der Waals surface area contributed by atoms with Gasteiger partial charge in [-0.2, -0.15) is 0 Å². The topological polar surface area (TPSA) is 108 Å². The van der Waals surface area contributed by atoms with Crippen LogP contribution in [-0.2, 0) is 32.7 Å². The van der Waals surface area contributed by atoms with E-state index in [0.29, 0.717) is 6.42 Å². The molecule has 0 fully saturated rings. The van der Waals surface area contributed by atoms with Gasteiger partial charge in [0.15, 0.2) is 6.10 Å². The van der Waals surface area contributed by atoms with Gasteiger partial charge in [0.25, 0.3) is 0 Å². The first kappa shape index (κ1) is 45.3. The highest BCUT2D eigenvalue weighted by Gasteiger charge is 2.24. The Morgan fingerprint density at radius 1 is 0.596 bits per heavy atom. The van der Waals surface area contributed by atoms with Crippen LogP contribution in [0.25, 0.3) is 0 Å². The molecule has 0 aromatic rings. The van der Waals surface area contributed by atoms with Crippen LogP contribution in [0.4, 0.5) is 0 Å². The lowest BCUT2D eigenvalue weighted by Gasteiger charge is -2.19. The number of hydrogen-bond acceptors (Lipinski definition) is 7. The molecule has 0 heterocycles. The SMILES string of the molecule is CCCC/C=C\CCCCCCCC(=O)OCC(COP(=O)(O)OC)OC(=O)CCCCCCCCC/C=C\C/C=C\CCCCC. The second-order valence-corrected chi connectivity index (χ2v) is 13.9. The second kappa shape index (κ2) is 34.1. The van der Waals surface area contributed by atoms with E-state index in [-0.39, 0.29) is 25.4 Å². The molecule has 0 aliphatic carbocycles. The maximum absolute atomic E-state index is 12.4. The average molecular weight is 685 g/mol. The van der Waals surface area contributed by atoms with E-state index in [4.69, 9.17) is 14.0 Å². The van der Waals surface area contributed by atoms with Gasteiger partial charge in [0.05, 0.1) is 6.61 Å². The smallest absolute Gasteiger partial charge is 0.462 e. The third-order valence-corrected chi connectivity index (χ3v) is 8.79. The molecule has 8 nitrogen and oxygen atoms in total. The zero-order valence-electron chi connectivity index (χ0n) is 30.2. The van der Waals surface area contributed by atoms with E-state index in [1.54, 1.807) is 0 Å². The standard InChI is InChI=1S/C38H69O8P/c1-4-6-8-10-12-14-16-17-18-19-20-21-23-25-27-29-31-33-38(40)46-36(35-45-47(41,42)43-3)34-44-37(39)32-30-28-26-24-22-15-13-11-9-7-5-2/h11-14,17-18,36H,4-10,15-16,19-35H2,1-3H3,(H,41,42)/b13-11-,14-12-,18-17-. The van der Waals surface area contributed by atoms with Gasteiger partial charge < -0.3 is 14.4 Å². The molecular formula is C38H69O8P. The van der Waals surface area contributed by atoms with E-state index in [0.717, 1.165) is 84.2 Å². The largest absolute Gasteiger partial charge is 0.472 e. The molecule has 0 bridgehead atoms. The molecule has 0 saturated heterocycles. The minimum absolute atomic E-state index is 0.233. The van der Waals surface area contributed by atoms with Crippen LogP contribution in [0.15, 0.2) is 36.5 Å². The van der Waals surface area contributed by atoms with E-state index in [2.05, 4.69) is 54.8 Å². The Bertz CT molecular complexity index is 870. The van der Waals surface area contributed by atoms with Gasteiger partial charge in [-0.3, -0.25) is 18.6 Å². The van der Waals surface area contributed by atoms with E-state index in [1.165, 1.54) is 57.8 Å². The van der Waals surface area contributed by atoms with Crippen LogP contribution in [0.5, 0.6) is 0 Å². The van der Waals surface area contributed by atoms with Crippen molar-refractivity contribution in [3.63, 3.8) is 0 Å². The van der Waals surface area contributed by atoms with Gasteiger partial charge in [-0.1, -0.05) is 127 Å². The van der Waals surface area contributed by atoms with Crippen molar-refractivity contribution in [1.82, 2.24) is 0 Å². The Labute approximate surface area is 287 Å². The van der Waals surface area contributed by atoms with Crippen molar-refractivity contribution < 1.29 is 37.6 Å². The summed E-state index contributed by atoms with van der Waals surface area (Å²) in [6.07, 6.45) is 37.6. The summed E-state index contributed by atoms with van der Waals surface area (Å²) in [6, 6.07) is 0. The van der Waals surface area contributed by atoms with E-state index >= 15 is 0 Å². The molecule has 274 valence electrons. The Balaban J connectivity index is 4.08. The van der Waals surface area contributed by atoms with E-state index < -0.39 is 26.5 Å². The molecule has 0 amide bonds. The lowest BCUT2D eigenvalue weighted by Crippen LogP contribution is -2.29. The van der Waals surface area contributed by atoms with E-state index in [1.807, 2.05) is 0 Å². The summed E-state index contributed by atoms with van der Waals surface area (Å²) >= 11 is 0. The van der Waals surface area contributed by atoms with Crippen LogP contribution in [0, 0.1) is 0 Å².